The molecule has 210 valence electrons. The molecule has 3 aromatic rings. The number of amides is 3. The fourth-order valence-electron chi connectivity index (χ4n) is 4.30. The maximum atomic E-state index is 12.9. The number of carbonyl (C=O) groups is 3. The van der Waals surface area contributed by atoms with Gasteiger partial charge in [0.1, 0.15) is 5.01 Å². The van der Waals surface area contributed by atoms with Crippen LogP contribution in [-0.2, 0) is 20.7 Å². The van der Waals surface area contributed by atoms with E-state index in [9.17, 15) is 14.4 Å². The van der Waals surface area contributed by atoms with Gasteiger partial charge in [0.2, 0.25) is 11.8 Å². The molecule has 2 aromatic heterocycles. The molecule has 6 radical (unpaired) electrons. The number of para-hydroxylation sites is 1. The van der Waals surface area contributed by atoms with Crippen LogP contribution in [0.1, 0.15) is 28.2 Å². The summed E-state index contributed by atoms with van der Waals surface area (Å²) in [6, 6.07) is 6.83. The first-order valence-electron chi connectivity index (χ1n) is 13.2. The fourth-order valence-corrected chi connectivity index (χ4v) is 5.23. The van der Waals surface area contributed by atoms with Crippen LogP contribution < -0.4 is 20.7 Å². The number of rotatable bonds is 10. The molecule has 12 nitrogen and oxygen atoms in total. The average molecular weight is 581 g/mol. The summed E-state index contributed by atoms with van der Waals surface area (Å²) in [5, 5.41) is 14.7. The Morgan fingerprint density at radius 3 is 2.60 bits per heavy atom. The van der Waals surface area contributed by atoms with Crippen molar-refractivity contribution in [3.63, 3.8) is 0 Å². The topological polar surface area (TPSA) is 148 Å². The summed E-state index contributed by atoms with van der Waals surface area (Å²) < 4.78 is 11.1. The number of anilines is 3. The minimum absolute atomic E-state index is 0.0212. The highest BCUT2D eigenvalue weighted by Crippen LogP contribution is 2.40. The lowest BCUT2D eigenvalue weighted by Crippen LogP contribution is -2.50. The third-order valence-corrected chi connectivity index (χ3v) is 7.53. The predicted octanol–water partition coefficient (Wildman–Crippen LogP) is 0.949. The van der Waals surface area contributed by atoms with Crippen LogP contribution in [0.4, 0.5) is 17.2 Å². The second-order valence-corrected chi connectivity index (χ2v) is 11.1. The molecule has 16 heteroatoms. The van der Waals surface area contributed by atoms with Crippen molar-refractivity contribution in [1.29, 1.82) is 0 Å². The van der Waals surface area contributed by atoms with Crippen LogP contribution in [0.5, 0.6) is 5.75 Å². The zero-order chi connectivity index (χ0) is 29.9. The Bertz CT molecular complexity index is 1490. The average Bonchev–Trinajstić information content (AvgIpc) is 3.71. The first-order valence-corrected chi connectivity index (χ1v) is 14.1. The summed E-state index contributed by atoms with van der Waals surface area (Å²) in [5.74, 6) is -0.438. The van der Waals surface area contributed by atoms with E-state index < -0.39 is 11.1 Å². The number of aromatic nitrogens is 3. The van der Waals surface area contributed by atoms with Gasteiger partial charge in [-0.05, 0) is 25.0 Å². The van der Waals surface area contributed by atoms with Crippen LogP contribution in [0.25, 0.3) is 10.6 Å². The molecule has 5 rings (SSSR count). The molecule has 0 bridgehead atoms. The molecule has 1 saturated carbocycles. The molecule has 0 atom stereocenters. The number of hydrogen-bond acceptors (Lipinski definition) is 10. The molecule has 42 heavy (non-hydrogen) atoms. The maximum absolute atomic E-state index is 12.9. The Hall–Kier alpha value is -3.91. The van der Waals surface area contributed by atoms with Crippen molar-refractivity contribution in [1.82, 2.24) is 25.4 Å². The normalized spacial score (nSPS) is 15.1. The number of nitrogens with zero attached hydrogens (tertiary/aromatic N) is 4. The number of ether oxygens (including phenoxy) is 2. The van der Waals surface area contributed by atoms with Crippen molar-refractivity contribution < 1.29 is 23.9 Å². The quantitative estimate of drug-likeness (QED) is 0.298. The van der Waals surface area contributed by atoms with Gasteiger partial charge < -0.3 is 30.3 Å². The predicted molar refractivity (Wildman–Crippen MR) is 159 cm³/mol. The van der Waals surface area contributed by atoms with E-state index in [2.05, 4.69) is 31.1 Å². The summed E-state index contributed by atoms with van der Waals surface area (Å²) >= 11 is 1.38. The Morgan fingerprint density at radius 2 is 1.90 bits per heavy atom. The van der Waals surface area contributed by atoms with E-state index in [-0.39, 0.29) is 41.4 Å². The third kappa shape index (κ3) is 7.29. The zero-order valence-corrected chi connectivity index (χ0v) is 23.7. The van der Waals surface area contributed by atoms with E-state index in [1.54, 1.807) is 23.2 Å². The second-order valence-electron chi connectivity index (χ2n) is 9.96. The highest BCUT2D eigenvalue weighted by Gasteiger charge is 2.30. The zero-order valence-electron chi connectivity index (χ0n) is 22.9. The van der Waals surface area contributed by atoms with Crippen LogP contribution in [0.3, 0.4) is 0 Å². The monoisotopic (exact) mass is 581 g/mol. The fraction of sp³-hybridized carbons (Fsp3) is 0.385. The maximum Gasteiger partial charge on any atom is 0.272 e. The number of hydrogen-bond donors (Lipinski definition) is 3. The van der Waals surface area contributed by atoms with Crippen LogP contribution in [0, 0.1) is 5.92 Å². The van der Waals surface area contributed by atoms with Crippen LogP contribution >= 0.6 is 11.3 Å². The highest BCUT2D eigenvalue weighted by atomic mass is 32.1. The number of carbonyl (C=O) groups excluding carboxylic acids is 3. The van der Waals surface area contributed by atoms with Crippen LogP contribution in [0.15, 0.2) is 30.5 Å². The lowest BCUT2D eigenvalue weighted by atomic mass is 9.49. The first-order chi connectivity index (χ1) is 20.1. The van der Waals surface area contributed by atoms with Gasteiger partial charge in [0, 0.05) is 36.1 Å². The van der Waals surface area contributed by atoms with E-state index in [1.807, 2.05) is 6.07 Å². The number of nitrogens with one attached hydrogen (secondary N) is 3. The molecule has 2 aliphatic rings. The summed E-state index contributed by atoms with van der Waals surface area (Å²) in [7, 11) is 18.2. The van der Waals surface area contributed by atoms with Crippen molar-refractivity contribution in [2.24, 2.45) is 5.92 Å². The molecular weight excluding hydrogens is 555 g/mol. The first kappa shape index (κ1) is 29.6. The summed E-state index contributed by atoms with van der Waals surface area (Å²) in [5.41, 5.74) is 1.15. The minimum atomic E-state index is -2.00. The van der Waals surface area contributed by atoms with Crippen molar-refractivity contribution in [2.45, 2.75) is 24.5 Å². The largest absolute Gasteiger partial charge is 0.494 e. The van der Waals surface area contributed by atoms with Gasteiger partial charge >= 0.3 is 0 Å². The van der Waals surface area contributed by atoms with E-state index in [0.717, 1.165) is 17.7 Å². The Kier molecular flexibility index (Phi) is 8.83. The Morgan fingerprint density at radius 1 is 1.14 bits per heavy atom. The van der Waals surface area contributed by atoms with Crippen molar-refractivity contribution in [3.8, 4) is 16.3 Å². The van der Waals surface area contributed by atoms with Gasteiger partial charge in [-0.2, -0.15) is 0 Å². The molecule has 1 aliphatic carbocycles. The molecular formula is C26H26B3N7O5S. The smallest absolute Gasteiger partial charge is 0.272 e. The highest BCUT2D eigenvalue weighted by molar-refractivity contribution is 7.15. The minimum Gasteiger partial charge on any atom is -0.494 e. The van der Waals surface area contributed by atoms with E-state index in [1.165, 1.54) is 24.5 Å². The molecule has 3 heterocycles. The lowest BCUT2D eigenvalue weighted by molar-refractivity contribution is -0.134. The van der Waals surface area contributed by atoms with Gasteiger partial charge in [-0.3, -0.25) is 14.4 Å². The lowest BCUT2D eigenvalue weighted by Gasteiger charge is -2.26. The number of thiazole rings is 1. The molecule has 1 saturated heterocycles. The Labute approximate surface area is 250 Å². The number of benzene rings is 1. The van der Waals surface area contributed by atoms with Gasteiger partial charge in [0.05, 0.1) is 67.2 Å². The standard InChI is InChI=1S/C26H26B3N7O5S/c1-40-22-16(25-30-13-15(42-25)11-20(37)36-7-9-41-10-8-36)3-2-4-17(22)31-18-12-19(32-23(38)14-5-6-14)34-35-21(18)24(39)33-26(27,28)29/h2-4,12-14H,5-11H2,1H3,(H,33,39)(H2,31,32,34,38). The van der Waals surface area contributed by atoms with Crippen molar-refractivity contribution >= 4 is 69.8 Å². The van der Waals surface area contributed by atoms with Crippen molar-refractivity contribution in [2.75, 3.05) is 44.0 Å². The molecule has 1 aromatic carbocycles. The van der Waals surface area contributed by atoms with E-state index in [0.29, 0.717) is 48.3 Å². The third-order valence-electron chi connectivity index (χ3n) is 6.50. The van der Waals surface area contributed by atoms with E-state index >= 15 is 0 Å². The van der Waals surface area contributed by atoms with Gasteiger partial charge in [-0.25, -0.2) is 4.98 Å². The van der Waals surface area contributed by atoms with Gasteiger partial charge in [-0.1, -0.05) is 11.3 Å². The summed E-state index contributed by atoms with van der Waals surface area (Å²) in [6.07, 6.45) is 3.53. The summed E-state index contributed by atoms with van der Waals surface area (Å²) in [6.45, 7) is 2.22. The molecule has 0 unspecified atom stereocenters. The molecule has 3 amide bonds. The molecule has 2 fully saturated rings. The molecule has 3 N–H and O–H groups in total. The molecule has 1 aliphatic heterocycles. The Balaban J connectivity index is 1.42. The number of methoxy groups -OCH3 is 1. The number of morpholine rings is 1. The molecule has 0 spiro atoms. The second kappa shape index (κ2) is 12.5. The van der Waals surface area contributed by atoms with E-state index in [4.69, 9.17) is 33.0 Å². The van der Waals surface area contributed by atoms with Crippen LogP contribution in [0.2, 0.25) is 0 Å². The van der Waals surface area contributed by atoms with Gasteiger partial charge in [0.25, 0.3) is 5.91 Å². The van der Waals surface area contributed by atoms with Crippen LogP contribution in [-0.4, -0.2) is 100.0 Å². The van der Waals surface area contributed by atoms with Gasteiger partial charge in [-0.15, -0.1) is 21.5 Å². The van der Waals surface area contributed by atoms with Crippen molar-refractivity contribution in [3.05, 3.63) is 41.0 Å². The SMILES string of the molecule is [B]C([B])([B])NC(=O)c1nnc(NC(=O)C2CC2)cc1Nc1cccc(-c2ncc(CC(=O)N3CCOCC3)s2)c1OC. The summed E-state index contributed by atoms with van der Waals surface area (Å²) in [4.78, 5) is 45.1. The van der Waals surface area contributed by atoms with Gasteiger partial charge in [0.15, 0.2) is 17.3 Å².